The molecule has 1 N–H and O–H groups in total. The molecule has 2 fully saturated rings. The van der Waals surface area contributed by atoms with Crippen LogP contribution in [0.2, 0.25) is 0 Å². The molecule has 2 saturated heterocycles. The van der Waals surface area contributed by atoms with E-state index in [1.54, 1.807) is 12.4 Å². The number of benzene rings is 2. The largest absolute Gasteiger partial charge is 0.436 e. The highest BCUT2D eigenvalue weighted by Crippen LogP contribution is 2.31. The molecule has 0 atom stereocenters. The highest BCUT2D eigenvalue weighted by Gasteiger charge is 2.29. The molecule has 7 heteroatoms. The first-order valence-electron chi connectivity index (χ1n) is 13.0. The summed E-state index contributed by atoms with van der Waals surface area (Å²) in [7, 11) is 0. The number of nitrogens with one attached hydrogen (secondary N) is 1. The van der Waals surface area contributed by atoms with E-state index in [0.29, 0.717) is 5.88 Å². The van der Waals surface area contributed by atoms with Gasteiger partial charge in [-0.15, -0.1) is 0 Å². The lowest BCUT2D eigenvalue weighted by Gasteiger charge is -2.35. The topological polar surface area (TPSA) is 70.6 Å². The van der Waals surface area contributed by atoms with E-state index in [2.05, 4.69) is 55.4 Å². The summed E-state index contributed by atoms with van der Waals surface area (Å²) in [5.74, 6) is 2.24. The molecule has 1 amide bonds. The van der Waals surface area contributed by atoms with Gasteiger partial charge in [-0.2, -0.15) is 0 Å². The summed E-state index contributed by atoms with van der Waals surface area (Å²) in [4.78, 5) is 26.7. The normalized spacial score (nSPS) is 17.6. The van der Waals surface area contributed by atoms with Crippen LogP contribution in [-0.4, -0.2) is 53.0 Å². The van der Waals surface area contributed by atoms with E-state index in [0.717, 1.165) is 75.5 Å². The van der Waals surface area contributed by atoms with E-state index in [1.807, 2.05) is 31.2 Å². The molecule has 0 spiro atoms. The summed E-state index contributed by atoms with van der Waals surface area (Å²) in [5, 5.41) is 3.34. The summed E-state index contributed by atoms with van der Waals surface area (Å²) in [6.07, 6.45) is 6.98. The van der Waals surface area contributed by atoms with Gasteiger partial charge in [-0.05, 0) is 55.9 Å². The van der Waals surface area contributed by atoms with Gasteiger partial charge in [0.05, 0.1) is 0 Å². The second kappa shape index (κ2) is 11.5. The van der Waals surface area contributed by atoms with E-state index in [1.165, 1.54) is 5.56 Å². The fourth-order valence-corrected chi connectivity index (χ4v) is 5.15. The van der Waals surface area contributed by atoms with Crippen molar-refractivity contribution in [2.45, 2.75) is 45.2 Å². The number of likely N-dealkylation sites (tertiary alicyclic amines) is 1. The molecule has 2 aromatic carbocycles. The van der Waals surface area contributed by atoms with Gasteiger partial charge >= 0.3 is 0 Å². The van der Waals surface area contributed by atoms with Crippen LogP contribution in [0.5, 0.6) is 11.6 Å². The Labute approximate surface area is 213 Å². The lowest BCUT2D eigenvalue weighted by atomic mass is 9.94. The maximum absolute atomic E-state index is 13.0. The first-order chi connectivity index (χ1) is 17.6. The van der Waals surface area contributed by atoms with Crippen LogP contribution in [0.25, 0.3) is 0 Å². The highest BCUT2D eigenvalue weighted by molar-refractivity contribution is 5.79. The molecule has 1 aromatic heterocycles. The number of nitrogens with zero attached hydrogens (tertiary/aromatic N) is 4. The van der Waals surface area contributed by atoms with Gasteiger partial charge in [0.25, 0.3) is 5.88 Å². The third kappa shape index (κ3) is 6.21. The van der Waals surface area contributed by atoms with Crippen molar-refractivity contribution in [3.63, 3.8) is 0 Å². The van der Waals surface area contributed by atoms with Gasteiger partial charge in [0.2, 0.25) is 5.91 Å². The van der Waals surface area contributed by atoms with Crippen molar-refractivity contribution < 1.29 is 9.53 Å². The number of aromatic nitrogens is 2. The van der Waals surface area contributed by atoms with Gasteiger partial charge in [0, 0.05) is 57.1 Å². The quantitative estimate of drug-likeness (QED) is 0.529. The van der Waals surface area contributed by atoms with Crippen LogP contribution in [0.1, 0.15) is 36.8 Å². The zero-order chi connectivity index (χ0) is 24.7. The van der Waals surface area contributed by atoms with Crippen molar-refractivity contribution in [2.75, 3.05) is 31.1 Å². The number of piperidine rings is 2. The Morgan fingerprint density at radius 1 is 0.944 bits per heavy atom. The predicted octanol–water partition coefficient (Wildman–Crippen LogP) is 4.57. The maximum atomic E-state index is 13.0. The monoisotopic (exact) mass is 485 g/mol. The zero-order valence-electron chi connectivity index (χ0n) is 21.0. The van der Waals surface area contributed by atoms with Crippen LogP contribution in [0.4, 0.5) is 5.82 Å². The number of anilines is 1. The molecule has 3 aromatic rings. The second-order valence-corrected chi connectivity index (χ2v) is 9.91. The number of hydrogen-bond donors (Lipinski definition) is 1. The first kappa shape index (κ1) is 24.3. The molecule has 0 aliphatic carbocycles. The SMILES string of the molecule is Cc1cccc(Oc2nccnc2N2CCC(C(=O)NC3CCN(Cc4ccccc4)CC3)CC2)c1. The van der Waals surface area contributed by atoms with E-state index < -0.39 is 0 Å². The van der Waals surface area contributed by atoms with Crippen molar-refractivity contribution >= 4 is 11.7 Å². The Hall–Kier alpha value is -3.45. The van der Waals surface area contributed by atoms with Crippen molar-refractivity contribution in [2.24, 2.45) is 5.92 Å². The molecule has 36 heavy (non-hydrogen) atoms. The smallest absolute Gasteiger partial charge is 0.263 e. The Morgan fingerprint density at radius 2 is 1.69 bits per heavy atom. The predicted molar refractivity (Wildman–Crippen MR) is 141 cm³/mol. The number of carbonyl (C=O) groups excluding carboxylic acids is 1. The Balaban J connectivity index is 1.10. The number of amides is 1. The Bertz CT molecular complexity index is 1140. The average Bonchev–Trinajstić information content (AvgIpc) is 2.91. The number of rotatable bonds is 7. The molecule has 188 valence electrons. The molecule has 7 nitrogen and oxygen atoms in total. The first-order valence-corrected chi connectivity index (χ1v) is 13.0. The van der Waals surface area contributed by atoms with Crippen LogP contribution in [0.15, 0.2) is 67.0 Å². The summed E-state index contributed by atoms with van der Waals surface area (Å²) >= 11 is 0. The van der Waals surface area contributed by atoms with Crippen molar-refractivity contribution in [1.29, 1.82) is 0 Å². The van der Waals surface area contributed by atoms with Gasteiger partial charge in [-0.25, -0.2) is 9.97 Å². The van der Waals surface area contributed by atoms with E-state index in [4.69, 9.17) is 4.74 Å². The maximum Gasteiger partial charge on any atom is 0.263 e. The summed E-state index contributed by atoms with van der Waals surface area (Å²) in [6, 6.07) is 18.8. The molecular weight excluding hydrogens is 450 g/mol. The van der Waals surface area contributed by atoms with Crippen molar-refractivity contribution in [3.8, 4) is 11.6 Å². The lowest BCUT2D eigenvalue weighted by Crippen LogP contribution is -2.48. The number of carbonyl (C=O) groups is 1. The van der Waals surface area contributed by atoms with Gasteiger partial charge in [-0.3, -0.25) is 9.69 Å². The summed E-state index contributed by atoms with van der Waals surface area (Å²) in [5.41, 5.74) is 2.48. The molecule has 0 bridgehead atoms. The molecule has 0 unspecified atom stereocenters. The molecule has 0 saturated carbocycles. The fraction of sp³-hybridized carbons (Fsp3) is 0.414. The summed E-state index contributed by atoms with van der Waals surface area (Å²) in [6.45, 7) is 6.59. The van der Waals surface area contributed by atoms with Crippen LogP contribution in [0, 0.1) is 12.8 Å². The minimum atomic E-state index is 0.0430. The van der Waals surface area contributed by atoms with Crippen molar-refractivity contribution in [3.05, 3.63) is 78.1 Å². The molecule has 3 heterocycles. The molecule has 0 radical (unpaired) electrons. The van der Waals surface area contributed by atoms with Gasteiger partial charge in [0.1, 0.15) is 5.75 Å². The van der Waals surface area contributed by atoms with Crippen LogP contribution in [0.3, 0.4) is 0 Å². The minimum Gasteiger partial charge on any atom is -0.436 e. The molecule has 5 rings (SSSR count). The standard InChI is InChI=1S/C29H35N5O2/c1-22-6-5-9-26(20-22)36-29-27(30-14-15-31-29)34-18-10-24(11-19-34)28(35)32-25-12-16-33(17-13-25)21-23-7-3-2-4-8-23/h2-9,14-15,20,24-25H,10-13,16-19,21H2,1H3,(H,32,35). The number of aryl methyl sites for hydroxylation is 1. The fourth-order valence-electron chi connectivity index (χ4n) is 5.15. The second-order valence-electron chi connectivity index (χ2n) is 9.91. The van der Waals surface area contributed by atoms with E-state index >= 15 is 0 Å². The Morgan fingerprint density at radius 3 is 2.44 bits per heavy atom. The zero-order valence-corrected chi connectivity index (χ0v) is 21.0. The van der Waals surface area contributed by atoms with Gasteiger partial charge in [0.15, 0.2) is 5.82 Å². The third-order valence-electron chi connectivity index (χ3n) is 7.20. The van der Waals surface area contributed by atoms with Gasteiger partial charge in [-0.1, -0.05) is 42.5 Å². The Kier molecular flexibility index (Phi) is 7.76. The van der Waals surface area contributed by atoms with Crippen LogP contribution in [-0.2, 0) is 11.3 Å². The van der Waals surface area contributed by atoms with Crippen LogP contribution >= 0.6 is 0 Å². The van der Waals surface area contributed by atoms with E-state index in [-0.39, 0.29) is 17.9 Å². The van der Waals surface area contributed by atoms with E-state index in [9.17, 15) is 4.79 Å². The number of ether oxygens (including phenoxy) is 1. The number of hydrogen-bond acceptors (Lipinski definition) is 6. The average molecular weight is 486 g/mol. The van der Waals surface area contributed by atoms with Crippen LogP contribution < -0.4 is 15.0 Å². The van der Waals surface area contributed by atoms with Gasteiger partial charge < -0.3 is 15.0 Å². The molecular formula is C29H35N5O2. The third-order valence-corrected chi connectivity index (χ3v) is 7.20. The van der Waals surface area contributed by atoms with Crippen molar-refractivity contribution in [1.82, 2.24) is 20.2 Å². The molecule has 2 aliphatic rings. The molecule has 2 aliphatic heterocycles. The highest BCUT2D eigenvalue weighted by atomic mass is 16.5. The summed E-state index contributed by atoms with van der Waals surface area (Å²) < 4.78 is 6.07. The lowest BCUT2D eigenvalue weighted by molar-refractivity contribution is -0.126. The minimum absolute atomic E-state index is 0.0430.